The van der Waals surface area contributed by atoms with Crippen LogP contribution in [0.15, 0.2) is 6.07 Å². The summed E-state index contributed by atoms with van der Waals surface area (Å²) in [5.74, 6) is -9.02. The minimum absolute atomic E-state index is 0.000184. The third-order valence-electron chi connectivity index (χ3n) is 8.75. The minimum atomic E-state index is -2.58. The van der Waals surface area contributed by atoms with Crippen molar-refractivity contribution in [3.63, 3.8) is 0 Å². The Morgan fingerprint density at radius 3 is 2.67 bits per heavy atom. The number of aromatic hydroxyl groups is 1. The SMILES string of the molecule is CCN1CCCC1c1cc(O)c2c(c1Cl)CC1CC3C(N)C(=O)C(C(N)=O)C(=N)C3(O)C(=O)C1C2=O. The Labute approximate surface area is 212 Å². The molecule has 192 valence electrons. The molecule has 10 nitrogen and oxygen atoms in total. The maximum atomic E-state index is 13.7. The first-order valence-corrected chi connectivity index (χ1v) is 12.6. The van der Waals surface area contributed by atoms with Gasteiger partial charge < -0.3 is 27.1 Å². The number of carbonyl (C=O) groups is 4. The Morgan fingerprint density at radius 1 is 1.33 bits per heavy atom. The zero-order valence-electron chi connectivity index (χ0n) is 19.8. The number of nitrogens with one attached hydrogen (secondary N) is 1. The van der Waals surface area contributed by atoms with Crippen LogP contribution in [0.2, 0.25) is 5.02 Å². The number of primary amides is 1. The molecule has 1 heterocycles. The average molecular weight is 517 g/mol. The fourth-order valence-corrected chi connectivity index (χ4v) is 7.33. The number of amides is 1. The molecule has 7 N–H and O–H groups in total. The molecule has 1 aromatic carbocycles. The molecule has 7 atom stereocenters. The number of fused-ring (bicyclic) bond motifs is 3. The number of phenolic OH excluding ortho intramolecular Hbond substituents is 1. The van der Waals surface area contributed by atoms with Crippen LogP contribution in [0.25, 0.3) is 0 Å². The largest absolute Gasteiger partial charge is 0.507 e. The van der Waals surface area contributed by atoms with Gasteiger partial charge in [0.15, 0.2) is 23.0 Å². The zero-order valence-corrected chi connectivity index (χ0v) is 20.5. The molecule has 4 aliphatic rings. The van der Waals surface area contributed by atoms with Crippen molar-refractivity contribution in [2.75, 3.05) is 13.1 Å². The number of carbonyl (C=O) groups excluding carboxylic acids is 4. The van der Waals surface area contributed by atoms with Gasteiger partial charge in [-0.25, -0.2) is 0 Å². The molecule has 2 saturated carbocycles. The molecule has 0 spiro atoms. The Kier molecular flexibility index (Phi) is 5.86. The maximum Gasteiger partial charge on any atom is 0.233 e. The van der Waals surface area contributed by atoms with Crippen molar-refractivity contribution in [2.24, 2.45) is 35.1 Å². The topological polar surface area (TPSA) is 188 Å². The number of rotatable bonds is 3. The lowest BCUT2D eigenvalue weighted by Gasteiger charge is -2.51. The second kappa shape index (κ2) is 8.44. The first kappa shape index (κ1) is 25.0. The van der Waals surface area contributed by atoms with Crippen LogP contribution in [0.4, 0.5) is 0 Å². The Morgan fingerprint density at radius 2 is 2.03 bits per heavy atom. The van der Waals surface area contributed by atoms with Gasteiger partial charge in [0.25, 0.3) is 0 Å². The van der Waals surface area contributed by atoms with Crippen molar-refractivity contribution in [3.05, 3.63) is 27.8 Å². The summed E-state index contributed by atoms with van der Waals surface area (Å²) < 4.78 is 0. The fraction of sp³-hybridized carbons (Fsp3) is 0.560. The molecule has 7 unspecified atom stereocenters. The lowest BCUT2D eigenvalue weighted by molar-refractivity contribution is -0.152. The summed E-state index contributed by atoms with van der Waals surface area (Å²) in [6.07, 6.45) is 2.00. The van der Waals surface area contributed by atoms with E-state index in [1.54, 1.807) is 0 Å². The lowest BCUT2D eigenvalue weighted by Crippen LogP contribution is -2.73. The number of benzene rings is 1. The highest BCUT2D eigenvalue weighted by Gasteiger charge is 2.66. The molecule has 0 radical (unpaired) electrons. The van der Waals surface area contributed by atoms with E-state index < -0.39 is 64.3 Å². The van der Waals surface area contributed by atoms with Crippen molar-refractivity contribution in [1.82, 2.24) is 4.90 Å². The first-order chi connectivity index (χ1) is 16.9. The number of halogens is 1. The first-order valence-electron chi connectivity index (χ1n) is 12.2. The van der Waals surface area contributed by atoms with Gasteiger partial charge in [-0.05, 0) is 61.9 Å². The van der Waals surface area contributed by atoms with Gasteiger partial charge >= 0.3 is 0 Å². The number of hydrogen-bond acceptors (Lipinski definition) is 9. The standard InChI is InChI=1S/C25H29ClN4O6/c1-2-30-5-3-4-13(30)10-8-14(31)16-11(18(10)26)6-9-7-12-19(27)21(33)17(24(29)35)22(28)25(12,36)23(34)15(9)20(16)32/h8-9,12-13,15,17,19,28,31,36H,2-7,27H2,1H3,(H2,29,35). The summed E-state index contributed by atoms with van der Waals surface area (Å²) in [6.45, 7) is 3.75. The van der Waals surface area contributed by atoms with Crippen LogP contribution in [-0.4, -0.2) is 68.8 Å². The normalized spacial score (nSPS) is 36.4. The van der Waals surface area contributed by atoms with E-state index in [-0.39, 0.29) is 30.2 Å². The smallest absolute Gasteiger partial charge is 0.233 e. The summed E-state index contributed by atoms with van der Waals surface area (Å²) in [5, 5.41) is 31.1. The van der Waals surface area contributed by atoms with E-state index >= 15 is 0 Å². The number of nitrogens with two attached hydrogens (primary N) is 2. The fourth-order valence-electron chi connectivity index (χ4n) is 6.98. The molecule has 3 fully saturated rings. The highest BCUT2D eigenvalue weighted by atomic mass is 35.5. The molecule has 0 bridgehead atoms. The number of ketones is 3. The van der Waals surface area contributed by atoms with Crippen LogP contribution in [0.3, 0.4) is 0 Å². The Balaban J connectivity index is 1.59. The number of phenols is 1. The molecule has 36 heavy (non-hydrogen) atoms. The molecular weight excluding hydrogens is 488 g/mol. The van der Waals surface area contributed by atoms with Crippen molar-refractivity contribution in [3.8, 4) is 5.75 Å². The average Bonchev–Trinajstić information content (AvgIpc) is 3.30. The van der Waals surface area contributed by atoms with Crippen LogP contribution in [0.5, 0.6) is 5.75 Å². The van der Waals surface area contributed by atoms with E-state index in [2.05, 4.69) is 4.90 Å². The molecule has 1 aliphatic heterocycles. The number of nitrogens with zero attached hydrogens (tertiary/aromatic N) is 1. The van der Waals surface area contributed by atoms with Crippen LogP contribution in [-0.2, 0) is 20.8 Å². The molecular formula is C25H29ClN4O6. The summed E-state index contributed by atoms with van der Waals surface area (Å²) >= 11 is 6.84. The maximum absolute atomic E-state index is 13.7. The molecule has 1 amide bonds. The lowest BCUT2D eigenvalue weighted by atomic mass is 9.52. The van der Waals surface area contributed by atoms with E-state index in [1.165, 1.54) is 6.07 Å². The Hall–Kier alpha value is -2.66. The van der Waals surface area contributed by atoms with Gasteiger partial charge in [-0.3, -0.25) is 24.1 Å². The third-order valence-corrected chi connectivity index (χ3v) is 9.19. The molecule has 1 aromatic rings. The number of Topliss-reactive ketones (excluding diaryl/α,β-unsaturated/α-hetero) is 3. The number of hydrogen-bond donors (Lipinski definition) is 5. The summed E-state index contributed by atoms with van der Waals surface area (Å²) in [4.78, 5) is 54.2. The van der Waals surface area contributed by atoms with Gasteiger partial charge in [0.1, 0.15) is 11.7 Å². The molecule has 1 saturated heterocycles. The van der Waals surface area contributed by atoms with Crippen molar-refractivity contribution in [1.29, 1.82) is 5.41 Å². The number of aliphatic hydroxyl groups is 1. The summed E-state index contributed by atoms with van der Waals surface area (Å²) in [6, 6.07) is 0.0819. The third kappa shape index (κ3) is 3.17. The van der Waals surface area contributed by atoms with E-state index in [1.807, 2.05) is 6.92 Å². The quantitative estimate of drug-likeness (QED) is 0.359. The molecule has 5 rings (SSSR count). The predicted molar refractivity (Wildman–Crippen MR) is 129 cm³/mol. The van der Waals surface area contributed by atoms with Gasteiger partial charge in [0.2, 0.25) is 5.91 Å². The monoisotopic (exact) mass is 516 g/mol. The van der Waals surface area contributed by atoms with E-state index in [9.17, 15) is 29.4 Å². The van der Waals surface area contributed by atoms with Crippen molar-refractivity contribution < 1.29 is 29.4 Å². The second-order valence-corrected chi connectivity index (χ2v) is 10.8. The molecule has 11 heteroatoms. The summed E-state index contributed by atoms with van der Waals surface area (Å²) in [7, 11) is 0. The molecule has 0 aromatic heterocycles. The van der Waals surface area contributed by atoms with Crippen LogP contribution >= 0.6 is 11.6 Å². The van der Waals surface area contributed by atoms with Gasteiger partial charge in [0, 0.05) is 17.0 Å². The summed E-state index contributed by atoms with van der Waals surface area (Å²) in [5.41, 5.74) is 9.07. The van der Waals surface area contributed by atoms with Gasteiger partial charge in [-0.15, -0.1) is 0 Å². The van der Waals surface area contributed by atoms with E-state index in [4.69, 9.17) is 28.5 Å². The van der Waals surface area contributed by atoms with Gasteiger partial charge in [-0.1, -0.05) is 18.5 Å². The van der Waals surface area contributed by atoms with Gasteiger partial charge in [-0.2, -0.15) is 0 Å². The highest BCUT2D eigenvalue weighted by Crippen LogP contribution is 2.52. The predicted octanol–water partition coefficient (Wildman–Crippen LogP) is 0.525. The van der Waals surface area contributed by atoms with Crippen LogP contribution in [0.1, 0.15) is 53.7 Å². The Bertz CT molecular complexity index is 1230. The number of likely N-dealkylation sites (tertiary alicyclic amines) is 1. The van der Waals surface area contributed by atoms with Crippen molar-refractivity contribution in [2.45, 2.75) is 50.3 Å². The minimum Gasteiger partial charge on any atom is -0.507 e. The van der Waals surface area contributed by atoms with Crippen LogP contribution < -0.4 is 11.5 Å². The highest BCUT2D eigenvalue weighted by molar-refractivity contribution is 6.35. The van der Waals surface area contributed by atoms with Gasteiger partial charge in [0.05, 0.1) is 23.2 Å². The van der Waals surface area contributed by atoms with E-state index in [0.717, 1.165) is 31.5 Å². The zero-order chi connectivity index (χ0) is 26.3. The second-order valence-electron chi connectivity index (χ2n) is 10.4. The van der Waals surface area contributed by atoms with E-state index in [0.29, 0.717) is 10.6 Å². The van der Waals surface area contributed by atoms with Crippen LogP contribution in [0, 0.1) is 29.1 Å². The molecule has 3 aliphatic carbocycles. The van der Waals surface area contributed by atoms with Crippen molar-refractivity contribution >= 4 is 40.6 Å².